The maximum absolute atomic E-state index is 9.45. The van der Waals surface area contributed by atoms with E-state index in [9.17, 15) is 5.11 Å². The highest BCUT2D eigenvalue weighted by Gasteiger charge is 2.13. The highest BCUT2D eigenvalue weighted by atomic mass is 32.1. The van der Waals surface area contributed by atoms with Crippen LogP contribution in [0.15, 0.2) is 18.2 Å². The molecular formula is C16H22N2O2S. The van der Waals surface area contributed by atoms with Crippen LogP contribution in [-0.2, 0) is 6.61 Å². The predicted molar refractivity (Wildman–Crippen MR) is 87.2 cm³/mol. The lowest BCUT2D eigenvalue weighted by molar-refractivity contribution is 0.267. The number of aliphatic hydroxyl groups excluding tert-OH is 1. The molecule has 0 aliphatic carbocycles. The molecule has 0 saturated carbocycles. The molecule has 1 heterocycles. The first-order valence-electron chi connectivity index (χ1n) is 7.12. The van der Waals surface area contributed by atoms with Gasteiger partial charge in [0.05, 0.1) is 30.0 Å². The van der Waals surface area contributed by atoms with Gasteiger partial charge in [-0.25, -0.2) is 4.98 Å². The van der Waals surface area contributed by atoms with E-state index in [0.29, 0.717) is 6.61 Å². The summed E-state index contributed by atoms with van der Waals surface area (Å²) in [5.41, 5.74) is 2.84. The molecule has 0 amide bonds. The van der Waals surface area contributed by atoms with Crippen LogP contribution in [0.1, 0.15) is 41.0 Å². The van der Waals surface area contributed by atoms with Crippen LogP contribution >= 0.6 is 11.3 Å². The third-order valence-corrected chi connectivity index (χ3v) is 4.50. The largest absolute Gasteiger partial charge is 0.494 e. The van der Waals surface area contributed by atoms with Crippen LogP contribution in [0.3, 0.4) is 0 Å². The summed E-state index contributed by atoms with van der Waals surface area (Å²) in [7, 11) is 0. The summed E-state index contributed by atoms with van der Waals surface area (Å²) in [6.45, 7) is 8.68. The quantitative estimate of drug-likeness (QED) is 0.852. The molecule has 0 bridgehead atoms. The highest BCUT2D eigenvalue weighted by molar-refractivity contribution is 7.11. The fourth-order valence-electron chi connectivity index (χ4n) is 2.35. The topological polar surface area (TPSA) is 54.4 Å². The number of nitrogens with one attached hydrogen (secondary N) is 1. The van der Waals surface area contributed by atoms with Crippen LogP contribution in [0.5, 0.6) is 5.75 Å². The van der Waals surface area contributed by atoms with Crippen molar-refractivity contribution in [1.82, 2.24) is 4.98 Å². The lowest BCUT2D eigenvalue weighted by atomic mass is 10.1. The summed E-state index contributed by atoms with van der Waals surface area (Å²) in [5, 5.41) is 14.0. The molecule has 21 heavy (non-hydrogen) atoms. The highest BCUT2D eigenvalue weighted by Crippen LogP contribution is 2.29. The second kappa shape index (κ2) is 6.91. The number of benzene rings is 1. The molecule has 2 N–H and O–H groups in total. The number of aliphatic hydroxyl groups is 1. The number of hydrogen-bond donors (Lipinski definition) is 2. The number of hydrogen-bond acceptors (Lipinski definition) is 5. The molecule has 0 radical (unpaired) electrons. The SMILES string of the molecule is CCOc1ccc(NC(C)c2sc(C)nc2C)cc1CO. The Bertz CT molecular complexity index is 610. The Labute approximate surface area is 129 Å². The molecule has 1 aromatic carbocycles. The predicted octanol–water partition coefficient (Wildman–Crippen LogP) is 3.82. The van der Waals surface area contributed by atoms with Gasteiger partial charge in [-0.1, -0.05) is 0 Å². The van der Waals surface area contributed by atoms with Crippen molar-refractivity contribution in [2.45, 2.75) is 40.3 Å². The maximum Gasteiger partial charge on any atom is 0.124 e. The molecule has 4 nitrogen and oxygen atoms in total. The van der Waals surface area contributed by atoms with Gasteiger partial charge in [-0.2, -0.15) is 0 Å². The fraction of sp³-hybridized carbons (Fsp3) is 0.438. The summed E-state index contributed by atoms with van der Waals surface area (Å²) >= 11 is 1.72. The van der Waals surface area contributed by atoms with Crippen molar-refractivity contribution < 1.29 is 9.84 Å². The molecule has 0 saturated heterocycles. The van der Waals surface area contributed by atoms with Gasteiger partial charge in [0.15, 0.2) is 0 Å². The molecule has 0 aliphatic rings. The van der Waals surface area contributed by atoms with Crippen LogP contribution in [0.25, 0.3) is 0 Å². The molecule has 0 spiro atoms. The molecule has 1 aromatic heterocycles. The molecule has 0 aliphatic heterocycles. The molecule has 5 heteroatoms. The van der Waals surface area contributed by atoms with Gasteiger partial charge in [-0.15, -0.1) is 11.3 Å². The van der Waals surface area contributed by atoms with Crippen LogP contribution in [-0.4, -0.2) is 16.7 Å². The van der Waals surface area contributed by atoms with Gasteiger partial charge < -0.3 is 15.2 Å². The first-order valence-corrected chi connectivity index (χ1v) is 7.93. The molecule has 1 unspecified atom stereocenters. The lowest BCUT2D eigenvalue weighted by Crippen LogP contribution is -2.07. The van der Waals surface area contributed by atoms with Crippen LogP contribution < -0.4 is 10.1 Å². The normalized spacial score (nSPS) is 12.2. The van der Waals surface area contributed by atoms with E-state index in [1.54, 1.807) is 11.3 Å². The minimum Gasteiger partial charge on any atom is -0.494 e. The standard InChI is InChI=1S/C16H22N2O2S/c1-5-20-15-7-6-14(8-13(15)9-19)18-11(3)16-10(2)17-12(4)21-16/h6-8,11,18-19H,5,9H2,1-4H3. The Kier molecular flexibility index (Phi) is 5.20. The molecule has 1 atom stereocenters. The van der Waals surface area contributed by atoms with Gasteiger partial charge in [0, 0.05) is 16.1 Å². The zero-order valence-electron chi connectivity index (χ0n) is 12.9. The van der Waals surface area contributed by atoms with Gasteiger partial charge >= 0.3 is 0 Å². The van der Waals surface area contributed by atoms with E-state index in [1.165, 1.54) is 4.88 Å². The Morgan fingerprint density at radius 1 is 1.38 bits per heavy atom. The van der Waals surface area contributed by atoms with Crippen molar-refractivity contribution in [1.29, 1.82) is 0 Å². The van der Waals surface area contributed by atoms with Gasteiger partial charge in [0.1, 0.15) is 5.75 Å². The molecule has 0 fully saturated rings. The van der Waals surface area contributed by atoms with Gasteiger partial charge in [0.2, 0.25) is 0 Å². The molecule has 114 valence electrons. The minimum absolute atomic E-state index is 0.0298. The number of aromatic nitrogens is 1. The second-order valence-corrected chi connectivity index (χ2v) is 6.20. The fourth-order valence-corrected chi connectivity index (χ4v) is 3.28. The first kappa shape index (κ1) is 15.8. The van der Waals surface area contributed by atoms with Crippen molar-refractivity contribution >= 4 is 17.0 Å². The molecule has 2 aromatic rings. The Hall–Kier alpha value is -1.59. The van der Waals surface area contributed by atoms with Gasteiger partial charge in [0.25, 0.3) is 0 Å². The number of ether oxygens (including phenoxy) is 1. The molecular weight excluding hydrogens is 284 g/mol. The summed E-state index contributed by atoms with van der Waals surface area (Å²) < 4.78 is 5.50. The average Bonchev–Trinajstić information content (AvgIpc) is 2.79. The summed E-state index contributed by atoms with van der Waals surface area (Å²) in [6, 6.07) is 5.99. The zero-order valence-corrected chi connectivity index (χ0v) is 13.8. The third kappa shape index (κ3) is 3.74. The third-order valence-electron chi connectivity index (χ3n) is 3.25. The van der Waals surface area contributed by atoms with Crippen LogP contribution in [0.2, 0.25) is 0 Å². The van der Waals surface area contributed by atoms with Gasteiger partial charge in [-0.05, 0) is 45.9 Å². The van der Waals surface area contributed by atoms with Gasteiger partial charge in [-0.3, -0.25) is 0 Å². The number of thiazole rings is 1. The number of rotatable bonds is 6. The summed E-state index contributed by atoms with van der Waals surface area (Å²) in [6.07, 6.45) is 0. The second-order valence-electron chi connectivity index (χ2n) is 4.96. The van der Waals surface area contributed by atoms with Crippen molar-refractivity contribution in [3.05, 3.63) is 39.3 Å². The number of nitrogens with zero attached hydrogens (tertiary/aromatic N) is 1. The Balaban J connectivity index is 2.17. The Morgan fingerprint density at radius 2 is 2.14 bits per heavy atom. The smallest absolute Gasteiger partial charge is 0.124 e. The van der Waals surface area contributed by atoms with E-state index in [-0.39, 0.29) is 12.6 Å². The monoisotopic (exact) mass is 306 g/mol. The maximum atomic E-state index is 9.45. The minimum atomic E-state index is -0.0298. The summed E-state index contributed by atoms with van der Waals surface area (Å²) in [5.74, 6) is 0.739. The first-order chi connectivity index (χ1) is 10.0. The summed E-state index contributed by atoms with van der Waals surface area (Å²) in [4.78, 5) is 5.71. The van der Waals surface area contributed by atoms with Crippen molar-refractivity contribution in [2.24, 2.45) is 0 Å². The average molecular weight is 306 g/mol. The van der Waals surface area contributed by atoms with E-state index in [0.717, 1.165) is 27.7 Å². The molecule has 2 rings (SSSR count). The number of aryl methyl sites for hydroxylation is 2. The van der Waals surface area contributed by atoms with Crippen molar-refractivity contribution in [3.8, 4) is 5.75 Å². The Morgan fingerprint density at radius 3 is 2.71 bits per heavy atom. The van der Waals surface area contributed by atoms with Crippen LogP contribution in [0, 0.1) is 13.8 Å². The van der Waals surface area contributed by atoms with E-state index in [1.807, 2.05) is 39.0 Å². The lowest BCUT2D eigenvalue weighted by Gasteiger charge is -2.16. The van der Waals surface area contributed by atoms with E-state index >= 15 is 0 Å². The van der Waals surface area contributed by atoms with E-state index in [2.05, 4.69) is 17.2 Å². The number of anilines is 1. The van der Waals surface area contributed by atoms with Crippen LogP contribution in [0.4, 0.5) is 5.69 Å². The van der Waals surface area contributed by atoms with Crippen molar-refractivity contribution in [3.63, 3.8) is 0 Å². The zero-order chi connectivity index (χ0) is 15.4. The van der Waals surface area contributed by atoms with E-state index in [4.69, 9.17) is 4.74 Å². The van der Waals surface area contributed by atoms with E-state index < -0.39 is 0 Å². The van der Waals surface area contributed by atoms with Crippen molar-refractivity contribution in [2.75, 3.05) is 11.9 Å².